The normalized spacial score (nSPS) is 33.4. The summed E-state index contributed by atoms with van der Waals surface area (Å²) < 4.78 is 5.66. The fourth-order valence-electron chi connectivity index (χ4n) is 3.81. The summed E-state index contributed by atoms with van der Waals surface area (Å²) in [6.45, 7) is 4.57. The van der Waals surface area contributed by atoms with E-state index in [1.54, 1.807) is 7.11 Å². The number of hydrogen-bond acceptors (Lipinski definition) is 2. The Morgan fingerprint density at radius 2 is 1.95 bits per heavy atom. The average Bonchev–Trinajstić information content (AvgIpc) is 2.75. The van der Waals surface area contributed by atoms with Crippen molar-refractivity contribution in [3.8, 4) is 0 Å². The molecule has 0 bridgehead atoms. The summed E-state index contributed by atoms with van der Waals surface area (Å²) in [4.78, 5) is 14.8. The van der Waals surface area contributed by atoms with Gasteiger partial charge in [-0.2, -0.15) is 0 Å². The Bertz CT molecular complexity index is 513. The minimum Gasteiger partial charge on any atom is -0.357 e. The molecule has 20 heavy (non-hydrogen) atoms. The maximum absolute atomic E-state index is 12.8. The van der Waals surface area contributed by atoms with E-state index in [2.05, 4.69) is 13.8 Å². The van der Waals surface area contributed by atoms with Crippen LogP contribution in [0.1, 0.15) is 55.3 Å². The summed E-state index contributed by atoms with van der Waals surface area (Å²) >= 11 is 0. The van der Waals surface area contributed by atoms with Crippen molar-refractivity contribution in [2.45, 2.75) is 45.4 Å². The molecule has 0 unspecified atom stereocenters. The summed E-state index contributed by atoms with van der Waals surface area (Å²) in [5, 5.41) is 0. The zero-order valence-electron chi connectivity index (χ0n) is 12.5. The van der Waals surface area contributed by atoms with Crippen molar-refractivity contribution < 1.29 is 9.53 Å². The van der Waals surface area contributed by atoms with Crippen LogP contribution in [0.15, 0.2) is 24.3 Å². The van der Waals surface area contributed by atoms with E-state index in [0.717, 1.165) is 17.5 Å². The predicted molar refractivity (Wildman–Crippen MR) is 78.3 cm³/mol. The van der Waals surface area contributed by atoms with Gasteiger partial charge in [-0.3, -0.25) is 4.79 Å². The molecule has 1 amide bonds. The maximum Gasteiger partial charge on any atom is 0.256 e. The van der Waals surface area contributed by atoms with Crippen molar-refractivity contribution in [1.29, 1.82) is 0 Å². The number of ether oxygens (including phenoxy) is 1. The maximum atomic E-state index is 12.8. The van der Waals surface area contributed by atoms with Gasteiger partial charge < -0.3 is 9.64 Å². The van der Waals surface area contributed by atoms with Gasteiger partial charge in [-0.05, 0) is 24.3 Å². The number of hydrogen-bond donors (Lipinski definition) is 0. The number of carbonyl (C=O) groups excluding carboxylic acids is 1. The molecule has 3 nitrogen and oxygen atoms in total. The monoisotopic (exact) mass is 273 g/mol. The molecule has 0 N–H and O–H groups in total. The SMILES string of the molecule is CO[C@@H]1c2ccccc2C(=O)N1[C@@H]1CCC[C@H](C)[C@H]1C. The fraction of sp³-hybridized carbons (Fsp3) is 0.588. The van der Waals surface area contributed by atoms with Gasteiger partial charge in [-0.15, -0.1) is 0 Å². The van der Waals surface area contributed by atoms with E-state index in [1.165, 1.54) is 12.8 Å². The molecule has 0 radical (unpaired) electrons. The number of methoxy groups -OCH3 is 1. The van der Waals surface area contributed by atoms with Gasteiger partial charge in [-0.1, -0.05) is 44.9 Å². The highest BCUT2D eigenvalue weighted by Gasteiger charge is 2.44. The Morgan fingerprint density at radius 3 is 2.70 bits per heavy atom. The molecule has 4 atom stereocenters. The Balaban J connectivity index is 1.96. The minimum atomic E-state index is -0.212. The van der Waals surface area contributed by atoms with Crippen molar-refractivity contribution in [2.24, 2.45) is 11.8 Å². The van der Waals surface area contributed by atoms with Crippen LogP contribution in [-0.2, 0) is 4.74 Å². The van der Waals surface area contributed by atoms with E-state index in [-0.39, 0.29) is 12.1 Å². The summed E-state index contributed by atoms with van der Waals surface area (Å²) in [6.07, 6.45) is 3.35. The third-order valence-corrected chi connectivity index (χ3v) is 5.19. The average molecular weight is 273 g/mol. The number of rotatable bonds is 2. The first-order valence-electron chi connectivity index (χ1n) is 7.59. The van der Waals surface area contributed by atoms with Crippen molar-refractivity contribution in [2.75, 3.05) is 7.11 Å². The Kier molecular flexibility index (Phi) is 3.55. The number of nitrogens with zero attached hydrogens (tertiary/aromatic N) is 1. The van der Waals surface area contributed by atoms with Gasteiger partial charge in [0.05, 0.1) is 0 Å². The van der Waals surface area contributed by atoms with Crippen LogP contribution in [0.4, 0.5) is 0 Å². The van der Waals surface area contributed by atoms with Crippen LogP contribution >= 0.6 is 0 Å². The summed E-state index contributed by atoms with van der Waals surface area (Å²) in [5.41, 5.74) is 1.83. The van der Waals surface area contributed by atoms with Crippen LogP contribution in [0.25, 0.3) is 0 Å². The van der Waals surface area contributed by atoms with E-state index in [4.69, 9.17) is 4.74 Å². The lowest BCUT2D eigenvalue weighted by Gasteiger charge is -2.42. The van der Waals surface area contributed by atoms with Crippen LogP contribution in [0.3, 0.4) is 0 Å². The quantitative estimate of drug-likeness (QED) is 0.823. The minimum absolute atomic E-state index is 0.137. The zero-order chi connectivity index (χ0) is 14.3. The first-order chi connectivity index (χ1) is 9.65. The van der Waals surface area contributed by atoms with Crippen LogP contribution in [0, 0.1) is 11.8 Å². The van der Waals surface area contributed by atoms with E-state index < -0.39 is 0 Å². The van der Waals surface area contributed by atoms with Gasteiger partial charge in [0.25, 0.3) is 5.91 Å². The Hall–Kier alpha value is -1.35. The third-order valence-electron chi connectivity index (χ3n) is 5.19. The molecule has 1 aliphatic carbocycles. The van der Waals surface area contributed by atoms with Gasteiger partial charge in [-0.25, -0.2) is 0 Å². The van der Waals surface area contributed by atoms with Gasteiger partial charge >= 0.3 is 0 Å². The summed E-state index contributed by atoms with van der Waals surface area (Å²) in [7, 11) is 1.70. The molecule has 1 fully saturated rings. The van der Waals surface area contributed by atoms with Crippen LogP contribution in [0.5, 0.6) is 0 Å². The largest absolute Gasteiger partial charge is 0.357 e. The van der Waals surface area contributed by atoms with Gasteiger partial charge in [0, 0.05) is 24.3 Å². The fourth-order valence-corrected chi connectivity index (χ4v) is 3.81. The smallest absolute Gasteiger partial charge is 0.256 e. The second-order valence-electron chi connectivity index (χ2n) is 6.22. The Labute approximate surface area is 120 Å². The Morgan fingerprint density at radius 1 is 1.20 bits per heavy atom. The molecule has 1 aromatic rings. The molecule has 0 saturated heterocycles. The summed E-state index contributed by atoms with van der Waals surface area (Å²) in [6, 6.07) is 8.14. The summed E-state index contributed by atoms with van der Waals surface area (Å²) in [5.74, 6) is 1.33. The van der Waals surface area contributed by atoms with Crippen molar-refractivity contribution >= 4 is 5.91 Å². The lowest BCUT2D eigenvalue weighted by Crippen LogP contribution is -2.46. The molecule has 3 rings (SSSR count). The van der Waals surface area contributed by atoms with Gasteiger partial charge in [0.1, 0.15) is 0 Å². The molecule has 108 valence electrons. The topological polar surface area (TPSA) is 29.5 Å². The third kappa shape index (κ3) is 1.96. The molecular formula is C17H23NO2. The van der Waals surface area contributed by atoms with E-state index >= 15 is 0 Å². The molecule has 1 aromatic carbocycles. The first kappa shape index (κ1) is 13.6. The molecule has 1 saturated carbocycles. The predicted octanol–water partition coefficient (Wildman–Crippen LogP) is 3.61. The van der Waals surface area contributed by atoms with Crippen LogP contribution in [-0.4, -0.2) is 24.0 Å². The van der Waals surface area contributed by atoms with Crippen LogP contribution in [0.2, 0.25) is 0 Å². The molecule has 3 heteroatoms. The second kappa shape index (κ2) is 5.21. The standard InChI is InChI=1S/C17H23NO2/c1-11-7-6-10-15(12(11)2)18-16(19)13-8-4-5-9-14(13)17(18)20-3/h4-5,8-9,11-12,15,17H,6-7,10H2,1-3H3/t11-,12+,15+,17+/m0/s1. The highest BCUT2D eigenvalue weighted by atomic mass is 16.5. The second-order valence-corrected chi connectivity index (χ2v) is 6.22. The molecule has 1 heterocycles. The lowest BCUT2D eigenvalue weighted by atomic mass is 9.77. The highest BCUT2D eigenvalue weighted by molar-refractivity contribution is 5.99. The zero-order valence-corrected chi connectivity index (χ0v) is 12.5. The number of fused-ring (bicyclic) bond motifs is 1. The number of carbonyl (C=O) groups is 1. The van der Waals surface area contributed by atoms with Gasteiger partial charge in [0.2, 0.25) is 0 Å². The van der Waals surface area contributed by atoms with E-state index in [9.17, 15) is 4.79 Å². The van der Waals surface area contributed by atoms with Crippen molar-refractivity contribution in [3.63, 3.8) is 0 Å². The van der Waals surface area contributed by atoms with Crippen molar-refractivity contribution in [1.82, 2.24) is 4.90 Å². The molecule has 0 spiro atoms. The lowest BCUT2D eigenvalue weighted by molar-refractivity contribution is -0.0536. The van der Waals surface area contributed by atoms with Gasteiger partial charge in [0.15, 0.2) is 6.23 Å². The number of amides is 1. The highest BCUT2D eigenvalue weighted by Crippen LogP contribution is 2.42. The van der Waals surface area contributed by atoms with E-state index in [0.29, 0.717) is 17.9 Å². The molecule has 0 aromatic heterocycles. The van der Waals surface area contributed by atoms with Crippen LogP contribution < -0.4 is 0 Å². The molecule has 2 aliphatic rings. The number of benzene rings is 1. The molecule has 1 aliphatic heterocycles. The van der Waals surface area contributed by atoms with E-state index in [1.807, 2.05) is 29.2 Å². The molecular weight excluding hydrogens is 250 g/mol. The first-order valence-corrected chi connectivity index (χ1v) is 7.59. The van der Waals surface area contributed by atoms with Crippen molar-refractivity contribution in [3.05, 3.63) is 35.4 Å².